The van der Waals surface area contributed by atoms with Crippen molar-refractivity contribution in [2.45, 2.75) is 48.9 Å². The summed E-state index contributed by atoms with van der Waals surface area (Å²) >= 11 is 3.26. The van der Waals surface area contributed by atoms with Crippen LogP contribution in [0.25, 0.3) is 0 Å². The van der Waals surface area contributed by atoms with Crippen molar-refractivity contribution < 1.29 is 15.3 Å². The fraction of sp³-hybridized carbons (Fsp3) is 0.474. The molecule has 1 saturated heterocycles. The molecule has 3 rings (SSSR count). The van der Waals surface area contributed by atoms with Gasteiger partial charge in [0, 0.05) is 21.4 Å². The van der Waals surface area contributed by atoms with Crippen LogP contribution in [0.4, 0.5) is 0 Å². The number of thiophene rings is 1. The van der Waals surface area contributed by atoms with Crippen LogP contribution >= 0.6 is 23.1 Å². The molecular weight excluding hydrogens is 340 g/mol. The molecule has 0 amide bonds. The van der Waals surface area contributed by atoms with E-state index >= 15 is 0 Å². The van der Waals surface area contributed by atoms with Crippen molar-refractivity contribution in [1.29, 1.82) is 0 Å². The van der Waals surface area contributed by atoms with Crippen LogP contribution in [0.3, 0.4) is 0 Å². The molecule has 1 aromatic carbocycles. The number of aryl methyl sites for hydroxylation is 1. The largest absolute Gasteiger partial charge is 0.395 e. The van der Waals surface area contributed by atoms with Gasteiger partial charge in [-0.25, -0.2) is 0 Å². The first-order valence-electron chi connectivity index (χ1n) is 8.39. The first-order chi connectivity index (χ1) is 11.6. The highest BCUT2D eigenvalue weighted by Crippen LogP contribution is 2.45. The average Bonchev–Trinajstić information content (AvgIpc) is 3.06. The summed E-state index contributed by atoms with van der Waals surface area (Å²) in [5.74, 6) is 0. The summed E-state index contributed by atoms with van der Waals surface area (Å²) in [6.07, 6.45) is 0.845. The van der Waals surface area contributed by atoms with Crippen molar-refractivity contribution in [3.63, 3.8) is 0 Å². The van der Waals surface area contributed by atoms with E-state index in [1.54, 1.807) is 23.1 Å². The van der Waals surface area contributed by atoms with Gasteiger partial charge in [-0.3, -0.25) is 0 Å². The zero-order valence-electron chi connectivity index (χ0n) is 13.8. The Morgan fingerprint density at radius 1 is 1.04 bits per heavy atom. The second kappa shape index (κ2) is 8.02. The van der Waals surface area contributed by atoms with Gasteiger partial charge in [-0.15, -0.1) is 23.1 Å². The quantitative estimate of drug-likeness (QED) is 0.763. The number of aliphatic hydroxyl groups excluding tert-OH is 3. The molecule has 1 fully saturated rings. The number of benzene rings is 1. The van der Waals surface area contributed by atoms with Gasteiger partial charge in [0.1, 0.15) is 0 Å². The summed E-state index contributed by atoms with van der Waals surface area (Å²) in [4.78, 5) is 2.33. The maximum atomic E-state index is 10.3. The molecule has 5 heteroatoms. The van der Waals surface area contributed by atoms with Gasteiger partial charge >= 0.3 is 0 Å². The summed E-state index contributed by atoms with van der Waals surface area (Å²) in [5, 5.41) is 29.6. The minimum atomic E-state index is -0.770. The fourth-order valence-electron chi connectivity index (χ4n) is 3.04. The molecule has 3 nitrogen and oxygen atoms in total. The van der Waals surface area contributed by atoms with Crippen LogP contribution in [-0.4, -0.2) is 39.4 Å². The SMILES string of the molecule is CCc1ccc(Cc2ccc([C@@H]3S[C@H](CO)C[C@H](O)[C@H]3O)s2)cc1. The number of hydrogen-bond acceptors (Lipinski definition) is 5. The van der Waals surface area contributed by atoms with E-state index in [4.69, 9.17) is 0 Å². The molecule has 0 spiro atoms. The molecule has 0 saturated carbocycles. The van der Waals surface area contributed by atoms with Gasteiger partial charge in [-0.05, 0) is 36.1 Å². The van der Waals surface area contributed by atoms with Crippen LogP contribution in [0, 0.1) is 0 Å². The zero-order valence-corrected chi connectivity index (χ0v) is 15.4. The lowest BCUT2D eigenvalue weighted by Gasteiger charge is -2.35. The molecule has 0 aliphatic carbocycles. The van der Waals surface area contributed by atoms with E-state index in [1.807, 2.05) is 6.07 Å². The third-order valence-electron chi connectivity index (χ3n) is 4.52. The lowest BCUT2D eigenvalue weighted by atomic mass is 10.0. The summed E-state index contributed by atoms with van der Waals surface area (Å²) in [6, 6.07) is 12.9. The highest BCUT2D eigenvalue weighted by Gasteiger charge is 2.37. The molecule has 1 aromatic heterocycles. The number of thioether (sulfide) groups is 1. The van der Waals surface area contributed by atoms with Gasteiger partial charge in [0.2, 0.25) is 0 Å². The van der Waals surface area contributed by atoms with Gasteiger partial charge in [0.15, 0.2) is 0 Å². The van der Waals surface area contributed by atoms with Crippen LogP contribution in [0.2, 0.25) is 0 Å². The van der Waals surface area contributed by atoms with E-state index in [0.717, 1.165) is 17.7 Å². The molecule has 0 bridgehead atoms. The van der Waals surface area contributed by atoms with Crippen molar-refractivity contribution in [2.24, 2.45) is 0 Å². The number of aliphatic hydroxyl groups is 3. The Balaban J connectivity index is 1.72. The summed E-state index contributed by atoms with van der Waals surface area (Å²) in [5.41, 5.74) is 2.63. The lowest BCUT2D eigenvalue weighted by Crippen LogP contribution is -2.39. The van der Waals surface area contributed by atoms with Gasteiger partial charge in [0.25, 0.3) is 0 Å². The molecule has 0 unspecified atom stereocenters. The van der Waals surface area contributed by atoms with Crippen molar-refractivity contribution in [3.8, 4) is 0 Å². The van der Waals surface area contributed by atoms with Crippen molar-refractivity contribution in [3.05, 3.63) is 57.3 Å². The molecule has 2 aromatic rings. The van der Waals surface area contributed by atoms with Crippen molar-refractivity contribution in [1.82, 2.24) is 0 Å². The monoisotopic (exact) mass is 364 g/mol. The summed E-state index contributed by atoms with van der Waals surface area (Å²) < 4.78 is 0. The van der Waals surface area contributed by atoms with Crippen LogP contribution in [0.5, 0.6) is 0 Å². The van der Waals surface area contributed by atoms with E-state index in [-0.39, 0.29) is 17.1 Å². The van der Waals surface area contributed by atoms with Gasteiger partial charge < -0.3 is 15.3 Å². The van der Waals surface area contributed by atoms with Gasteiger partial charge in [-0.2, -0.15) is 0 Å². The topological polar surface area (TPSA) is 60.7 Å². The third kappa shape index (κ3) is 4.03. The maximum absolute atomic E-state index is 10.3. The Bertz CT molecular complexity index is 653. The van der Waals surface area contributed by atoms with E-state index in [2.05, 4.69) is 37.3 Å². The molecule has 130 valence electrons. The molecule has 4 atom stereocenters. The minimum Gasteiger partial charge on any atom is -0.395 e. The van der Waals surface area contributed by atoms with Crippen molar-refractivity contribution in [2.75, 3.05) is 6.61 Å². The highest BCUT2D eigenvalue weighted by molar-refractivity contribution is 8.00. The second-order valence-electron chi connectivity index (χ2n) is 6.31. The molecule has 24 heavy (non-hydrogen) atoms. The Labute approximate surface area is 151 Å². The molecule has 0 radical (unpaired) electrons. The molecule has 1 aliphatic rings. The first kappa shape index (κ1) is 18.0. The number of rotatable bonds is 5. The van der Waals surface area contributed by atoms with Crippen LogP contribution in [-0.2, 0) is 12.8 Å². The second-order valence-corrected chi connectivity index (χ2v) is 8.95. The predicted octanol–water partition coefficient (Wildman–Crippen LogP) is 3.16. The molecule has 1 aliphatic heterocycles. The van der Waals surface area contributed by atoms with E-state index in [1.165, 1.54) is 16.0 Å². The Morgan fingerprint density at radius 3 is 2.42 bits per heavy atom. The third-order valence-corrected chi connectivity index (χ3v) is 7.39. The van der Waals surface area contributed by atoms with Gasteiger partial charge in [0.05, 0.1) is 24.1 Å². The lowest BCUT2D eigenvalue weighted by molar-refractivity contribution is 0.00574. The molecular formula is C19H24O3S2. The fourth-order valence-corrected chi connectivity index (χ4v) is 5.79. The number of hydrogen-bond donors (Lipinski definition) is 3. The van der Waals surface area contributed by atoms with E-state index < -0.39 is 12.2 Å². The normalized spacial score (nSPS) is 27.3. The Kier molecular flexibility index (Phi) is 6.00. The van der Waals surface area contributed by atoms with Crippen LogP contribution in [0.1, 0.15) is 39.5 Å². The Morgan fingerprint density at radius 2 is 1.75 bits per heavy atom. The maximum Gasteiger partial charge on any atom is 0.0966 e. The van der Waals surface area contributed by atoms with Crippen molar-refractivity contribution >= 4 is 23.1 Å². The zero-order chi connectivity index (χ0) is 17.1. The standard InChI is InChI=1S/C19H24O3S2/c1-2-12-3-5-13(6-4-12)9-14-7-8-17(23-14)19-18(22)16(21)10-15(11-20)24-19/h3-8,15-16,18-22H,2,9-11H2,1H3/t15-,16-,18+,19-/m0/s1. The smallest absolute Gasteiger partial charge is 0.0966 e. The van der Waals surface area contributed by atoms with E-state index in [0.29, 0.717) is 6.42 Å². The molecule has 2 heterocycles. The molecule has 3 N–H and O–H groups in total. The van der Waals surface area contributed by atoms with Gasteiger partial charge in [-0.1, -0.05) is 31.2 Å². The summed E-state index contributed by atoms with van der Waals surface area (Å²) in [7, 11) is 0. The van der Waals surface area contributed by atoms with Crippen LogP contribution in [0.15, 0.2) is 36.4 Å². The summed E-state index contributed by atoms with van der Waals surface area (Å²) in [6.45, 7) is 2.19. The van der Waals surface area contributed by atoms with E-state index in [9.17, 15) is 15.3 Å². The van der Waals surface area contributed by atoms with Crippen LogP contribution < -0.4 is 0 Å². The average molecular weight is 365 g/mol. The predicted molar refractivity (Wildman–Crippen MR) is 101 cm³/mol. The Hall–Kier alpha value is -0.850. The first-order valence-corrected chi connectivity index (χ1v) is 10.2. The minimum absolute atomic E-state index is 0.0134. The highest BCUT2D eigenvalue weighted by atomic mass is 32.2.